The number of hydrogen-bond acceptors (Lipinski definition) is 4. The summed E-state index contributed by atoms with van der Waals surface area (Å²) in [5.41, 5.74) is 2.92. The van der Waals surface area contributed by atoms with Crippen LogP contribution in [0.2, 0.25) is 0 Å². The Morgan fingerprint density at radius 1 is 1.24 bits per heavy atom. The molecule has 0 aliphatic carbocycles. The second-order valence-electron chi connectivity index (χ2n) is 5.90. The lowest BCUT2D eigenvalue weighted by Gasteiger charge is -2.30. The van der Waals surface area contributed by atoms with Crippen LogP contribution in [0.1, 0.15) is 29.5 Å². The second kappa shape index (κ2) is 6.34. The van der Waals surface area contributed by atoms with Crippen molar-refractivity contribution in [1.82, 2.24) is 9.62 Å². The van der Waals surface area contributed by atoms with Crippen LogP contribution < -0.4 is 5.32 Å². The number of rotatable bonds is 4. The Morgan fingerprint density at radius 3 is 2.24 bits per heavy atom. The minimum atomic E-state index is -3.05. The smallest absolute Gasteiger partial charge is 0.211 e. The molecule has 2 rings (SSSR count). The molecule has 1 aliphatic rings. The van der Waals surface area contributed by atoms with Crippen LogP contribution in [0.5, 0.6) is 5.75 Å². The van der Waals surface area contributed by atoms with E-state index >= 15 is 0 Å². The molecule has 0 unspecified atom stereocenters. The van der Waals surface area contributed by atoms with E-state index in [1.165, 1.54) is 6.26 Å². The molecule has 1 saturated heterocycles. The van der Waals surface area contributed by atoms with Crippen LogP contribution in [0.3, 0.4) is 0 Å². The third-order valence-corrected chi connectivity index (χ3v) is 5.37. The zero-order valence-corrected chi connectivity index (χ0v) is 13.7. The standard InChI is InChI=1S/C15H24N2O3S/c1-11-8-13(9-12(2)15(11)18)10-16-14-4-6-17(7-5-14)21(3,19)20/h8-9,14,16,18H,4-7,10H2,1-3H3. The molecular formula is C15H24N2O3S. The van der Waals surface area contributed by atoms with Gasteiger partial charge in [-0.1, -0.05) is 12.1 Å². The quantitative estimate of drug-likeness (QED) is 0.884. The van der Waals surface area contributed by atoms with Crippen molar-refractivity contribution in [3.05, 3.63) is 28.8 Å². The maximum atomic E-state index is 11.5. The van der Waals surface area contributed by atoms with E-state index in [4.69, 9.17) is 0 Å². The second-order valence-corrected chi connectivity index (χ2v) is 7.88. The number of phenols is 1. The predicted octanol–water partition coefficient (Wildman–Crippen LogP) is 1.52. The van der Waals surface area contributed by atoms with Gasteiger partial charge in [-0.25, -0.2) is 12.7 Å². The number of nitrogens with zero attached hydrogens (tertiary/aromatic N) is 1. The third kappa shape index (κ3) is 4.18. The van der Waals surface area contributed by atoms with Gasteiger partial charge in [-0.2, -0.15) is 0 Å². The highest BCUT2D eigenvalue weighted by Gasteiger charge is 2.24. The van der Waals surface area contributed by atoms with E-state index in [0.29, 0.717) is 24.9 Å². The monoisotopic (exact) mass is 312 g/mol. The van der Waals surface area contributed by atoms with E-state index in [1.807, 2.05) is 26.0 Å². The minimum absolute atomic E-state index is 0.345. The average molecular weight is 312 g/mol. The summed E-state index contributed by atoms with van der Waals surface area (Å²) in [6.07, 6.45) is 2.94. The molecule has 0 saturated carbocycles. The number of hydrogen-bond donors (Lipinski definition) is 2. The van der Waals surface area contributed by atoms with Gasteiger partial charge in [0.15, 0.2) is 0 Å². The number of nitrogens with one attached hydrogen (secondary N) is 1. The van der Waals surface area contributed by atoms with Gasteiger partial charge in [-0.15, -0.1) is 0 Å². The van der Waals surface area contributed by atoms with Gasteiger partial charge in [0.1, 0.15) is 5.75 Å². The van der Waals surface area contributed by atoms with Crippen LogP contribution >= 0.6 is 0 Å². The van der Waals surface area contributed by atoms with Crippen molar-refractivity contribution in [1.29, 1.82) is 0 Å². The van der Waals surface area contributed by atoms with Crippen molar-refractivity contribution < 1.29 is 13.5 Å². The third-order valence-electron chi connectivity index (χ3n) is 4.07. The zero-order valence-electron chi connectivity index (χ0n) is 12.9. The Morgan fingerprint density at radius 2 is 1.76 bits per heavy atom. The van der Waals surface area contributed by atoms with Crippen LogP contribution in [0.25, 0.3) is 0 Å². The molecule has 6 heteroatoms. The van der Waals surface area contributed by atoms with E-state index in [9.17, 15) is 13.5 Å². The fraction of sp³-hybridized carbons (Fsp3) is 0.600. The van der Waals surface area contributed by atoms with Gasteiger partial charge in [-0.3, -0.25) is 0 Å². The van der Waals surface area contributed by atoms with Gasteiger partial charge >= 0.3 is 0 Å². The molecule has 1 aromatic rings. The van der Waals surface area contributed by atoms with E-state index in [-0.39, 0.29) is 0 Å². The van der Waals surface area contributed by atoms with E-state index < -0.39 is 10.0 Å². The number of aromatic hydroxyl groups is 1. The van der Waals surface area contributed by atoms with Crippen LogP contribution in [0.15, 0.2) is 12.1 Å². The molecule has 0 bridgehead atoms. The lowest BCUT2D eigenvalue weighted by atomic mass is 10.0. The fourth-order valence-electron chi connectivity index (χ4n) is 2.80. The van der Waals surface area contributed by atoms with Crippen LogP contribution in [-0.2, 0) is 16.6 Å². The summed E-state index contributed by atoms with van der Waals surface area (Å²) in [4.78, 5) is 0. The summed E-state index contributed by atoms with van der Waals surface area (Å²) in [5, 5.41) is 13.3. The first-order valence-electron chi connectivity index (χ1n) is 7.25. The maximum absolute atomic E-state index is 11.5. The summed E-state index contributed by atoms with van der Waals surface area (Å²) >= 11 is 0. The van der Waals surface area contributed by atoms with Gasteiger partial charge in [0.2, 0.25) is 10.0 Å². The average Bonchev–Trinajstić information content (AvgIpc) is 2.42. The van der Waals surface area contributed by atoms with Crippen molar-refractivity contribution in [3.63, 3.8) is 0 Å². The normalized spacial score (nSPS) is 18.0. The molecule has 0 spiro atoms. The highest BCUT2D eigenvalue weighted by molar-refractivity contribution is 7.88. The Balaban J connectivity index is 1.88. The molecule has 0 atom stereocenters. The van der Waals surface area contributed by atoms with Crippen molar-refractivity contribution in [2.24, 2.45) is 0 Å². The van der Waals surface area contributed by atoms with Gasteiger partial charge in [0.05, 0.1) is 6.26 Å². The largest absolute Gasteiger partial charge is 0.507 e. The van der Waals surface area contributed by atoms with Gasteiger partial charge < -0.3 is 10.4 Å². The molecule has 0 aromatic heterocycles. The number of sulfonamides is 1. The first-order chi connectivity index (χ1) is 9.77. The number of aryl methyl sites for hydroxylation is 2. The number of piperidine rings is 1. The molecule has 0 radical (unpaired) electrons. The molecule has 5 nitrogen and oxygen atoms in total. The molecule has 1 heterocycles. The Labute approximate surface area is 127 Å². The Hall–Kier alpha value is -1.11. The first-order valence-corrected chi connectivity index (χ1v) is 9.10. The lowest BCUT2D eigenvalue weighted by molar-refractivity contribution is 0.290. The highest BCUT2D eigenvalue weighted by atomic mass is 32.2. The fourth-order valence-corrected chi connectivity index (χ4v) is 3.68. The Kier molecular flexibility index (Phi) is 4.91. The molecule has 1 fully saturated rings. The van der Waals surface area contributed by atoms with Gasteiger partial charge in [0.25, 0.3) is 0 Å². The van der Waals surface area contributed by atoms with Gasteiger partial charge in [-0.05, 0) is 43.4 Å². The summed E-state index contributed by atoms with van der Waals surface area (Å²) < 4.78 is 24.5. The maximum Gasteiger partial charge on any atom is 0.211 e. The SMILES string of the molecule is Cc1cc(CNC2CCN(S(C)(=O)=O)CC2)cc(C)c1O. The van der Waals surface area contributed by atoms with Crippen molar-refractivity contribution in [2.75, 3.05) is 19.3 Å². The van der Waals surface area contributed by atoms with E-state index in [0.717, 1.165) is 36.1 Å². The molecule has 1 aliphatic heterocycles. The molecule has 2 N–H and O–H groups in total. The first kappa shape index (κ1) is 16.3. The van der Waals surface area contributed by atoms with Crippen molar-refractivity contribution in [2.45, 2.75) is 39.3 Å². The van der Waals surface area contributed by atoms with E-state index in [1.54, 1.807) is 4.31 Å². The molecule has 0 amide bonds. The topological polar surface area (TPSA) is 69.6 Å². The molecule has 21 heavy (non-hydrogen) atoms. The van der Waals surface area contributed by atoms with Crippen LogP contribution in [0.4, 0.5) is 0 Å². The molecule has 1 aromatic carbocycles. The van der Waals surface area contributed by atoms with Crippen molar-refractivity contribution in [3.8, 4) is 5.75 Å². The summed E-state index contributed by atoms with van der Waals surface area (Å²) in [5.74, 6) is 0.361. The molecule has 118 valence electrons. The number of phenolic OH excluding ortho intramolecular Hbond substituents is 1. The van der Waals surface area contributed by atoms with Crippen LogP contribution in [-0.4, -0.2) is 43.2 Å². The minimum Gasteiger partial charge on any atom is -0.507 e. The summed E-state index contributed by atoms with van der Waals surface area (Å²) in [7, 11) is -3.05. The summed E-state index contributed by atoms with van der Waals surface area (Å²) in [6, 6.07) is 4.32. The Bertz CT molecular complexity index is 582. The predicted molar refractivity (Wildman–Crippen MR) is 83.9 cm³/mol. The van der Waals surface area contributed by atoms with Crippen molar-refractivity contribution >= 4 is 10.0 Å². The van der Waals surface area contributed by atoms with Gasteiger partial charge in [0, 0.05) is 25.7 Å². The summed E-state index contributed by atoms with van der Waals surface area (Å²) in [6.45, 7) is 5.71. The molecular weight excluding hydrogens is 288 g/mol. The van der Waals surface area contributed by atoms with E-state index in [2.05, 4.69) is 5.32 Å². The number of benzene rings is 1. The highest BCUT2D eigenvalue weighted by Crippen LogP contribution is 2.23. The van der Waals surface area contributed by atoms with Crippen LogP contribution in [0, 0.1) is 13.8 Å². The zero-order chi connectivity index (χ0) is 15.6. The lowest BCUT2D eigenvalue weighted by Crippen LogP contribution is -2.44.